The monoisotopic (exact) mass is 382 g/mol. The average Bonchev–Trinajstić information content (AvgIpc) is 3.15. The highest BCUT2D eigenvalue weighted by molar-refractivity contribution is 7.18. The quantitative estimate of drug-likeness (QED) is 0.378. The lowest BCUT2D eigenvalue weighted by molar-refractivity contribution is -0.384. The zero-order valence-corrected chi connectivity index (χ0v) is 14.8. The fourth-order valence-electron chi connectivity index (χ4n) is 2.29. The van der Waals surface area contributed by atoms with Crippen LogP contribution in [-0.4, -0.2) is 26.8 Å². The Morgan fingerprint density at radius 3 is 2.37 bits per heavy atom. The molecule has 0 spiro atoms. The van der Waals surface area contributed by atoms with E-state index in [0.717, 1.165) is 11.3 Å². The number of hydrogen-bond acceptors (Lipinski definition) is 7. The average molecular weight is 382 g/mol. The highest BCUT2D eigenvalue weighted by Crippen LogP contribution is 2.27. The number of Topliss-reactive ketones (excluding diaryl/α,β-unsaturated/α-hetero) is 1. The minimum absolute atomic E-state index is 0.0140. The Labute approximate surface area is 158 Å². The molecule has 8 nitrogen and oxygen atoms in total. The lowest BCUT2D eigenvalue weighted by atomic mass is 10.1. The molecule has 0 aliphatic heterocycles. The van der Waals surface area contributed by atoms with Gasteiger partial charge in [0.2, 0.25) is 11.0 Å². The maximum Gasteiger partial charge on any atom is 0.269 e. The molecule has 0 fully saturated rings. The first-order chi connectivity index (χ1) is 13.0. The number of nitrogens with one attached hydrogen (secondary N) is 1. The predicted molar refractivity (Wildman–Crippen MR) is 101 cm³/mol. The first-order valence-electron chi connectivity index (χ1n) is 7.99. The second-order valence-corrected chi connectivity index (χ2v) is 6.53. The van der Waals surface area contributed by atoms with Gasteiger partial charge in [-0.2, -0.15) is 0 Å². The van der Waals surface area contributed by atoms with Crippen molar-refractivity contribution in [2.45, 2.75) is 12.8 Å². The summed E-state index contributed by atoms with van der Waals surface area (Å²) in [5.41, 5.74) is 1.22. The summed E-state index contributed by atoms with van der Waals surface area (Å²) in [6, 6.07) is 14.7. The minimum atomic E-state index is -0.480. The number of ketones is 1. The number of aromatic nitrogens is 2. The van der Waals surface area contributed by atoms with Crippen molar-refractivity contribution in [1.29, 1.82) is 0 Å². The number of benzene rings is 2. The van der Waals surface area contributed by atoms with Gasteiger partial charge in [0.25, 0.3) is 5.69 Å². The van der Waals surface area contributed by atoms with Crippen LogP contribution in [0.5, 0.6) is 0 Å². The van der Waals surface area contributed by atoms with Crippen LogP contribution in [0.3, 0.4) is 0 Å². The van der Waals surface area contributed by atoms with E-state index >= 15 is 0 Å². The summed E-state index contributed by atoms with van der Waals surface area (Å²) in [5.74, 6) is -0.430. The summed E-state index contributed by atoms with van der Waals surface area (Å²) in [6.45, 7) is 0. The van der Waals surface area contributed by atoms with E-state index in [1.165, 1.54) is 12.1 Å². The SMILES string of the molecule is O=C(CCC(=O)c1ccccc1)Nc1nnc(-c2ccc([N+](=O)[O-])cc2)s1. The number of hydrogen-bond donors (Lipinski definition) is 1. The van der Waals surface area contributed by atoms with Crippen molar-refractivity contribution < 1.29 is 14.5 Å². The molecule has 1 aromatic heterocycles. The van der Waals surface area contributed by atoms with Gasteiger partial charge in [0.05, 0.1) is 4.92 Å². The van der Waals surface area contributed by atoms with Gasteiger partial charge in [-0.3, -0.25) is 19.7 Å². The molecule has 0 bridgehead atoms. The van der Waals surface area contributed by atoms with E-state index in [1.807, 2.05) is 6.07 Å². The number of anilines is 1. The van der Waals surface area contributed by atoms with E-state index in [9.17, 15) is 19.7 Å². The van der Waals surface area contributed by atoms with E-state index in [4.69, 9.17) is 0 Å². The van der Waals surface area contributed by atoms with Crippen LogP contribution in [0.2, 0.25) is 0 Å². The molecular formula is C18H14N4O4S. The summed E-state index contributed by atoms with van der Waals surface area (Å²) < 4.78 is 0. The molecule has 0 atom stereocenters. The van der Waals surface area contributed by atoms with Crippen molar-refractivity contribution in [3.05, 3.63) is 70.3 Å². The first kappa shape index (κ1) is 18.3. The van der Waals surface area contributed by atoms with Crippen LogP contribution in [0.15, 0.2) is 54.6 Å². The zero-order chi connectivity index (χ0) is 19.2. The second-order valence-electron chi connectivity index (χ2n) is 5.55. The lowest BCUT2D eigenvalue weighted by Gasteiger charge is -2.01. The molecule has 9 heteroatoms. The highest BCUT2D eigenvalue weighted by Gasteiger charge is 2.13. The van der Waals surface area contributed by atoms with Crippen molar-refractivity contribution in [3.63, 3.8) is 0 Å². The minimum Gasteiger partial charge on any atom is -0.301 e. The topological polar surface area (TPSA) is 115 Å². The Balaban J connectivity index is 1.56. The molecule has 1 N–H and O–H groups in total. The van der Waals surface area contributed by atoms with Gasteiger partial charge >= 0.3 is 0 Å². The normalized spacial score (nSPS) is 10.4. The number of rotatable bonds is 7. The van der Waals surface area contributed by atoms with E-state index in [0.29, 0.717) is 21.3 Å². The number of non-ortho nitro benzene ring substituents is 1. The molecule has 1 heterocycles. The molecular weight excluding hydrogens is 368 g/mol. The van der Waals surface area contributed by atoms with E-state index in [2.05, 4.69) is 15.5 Å². The second kappa shape index (κ2) is 8.28. The molecule has 0 radical (unpaired) electrons. The van der Waals surface area contributed by atoms with Crippen molar-refractivity contribution >= 4 is 33.8 Å². The number of nitrogens with zero attached hydrogens (tertiary/aromatic N) is 3. The first-order valence-corrected chi connectivity index (χ1v) is 8.81. The van der Waals surface area contributed by atoms with E-state index in [1.54, 1.807) is 36.4 Å². The van der Waals surface area contributed by atoms with E-state index in [-0.39, 0.29) is 30.2 Å². The third-order valence-electron chi connectivity index (χ3n) is 3.67. The molecule has 0 aliphatic rings. The van der Waals surface area contributed by atoms with Crippen molar-refractivity contribution in [3.8, 4) is 10.6 Å². The Morgan fingerprint density at radius 2 is 1.70 bits per heavy atom. The van der Waals surface area contributed by atoms with Gasteiger partial charge in [-0.1, -0.05) is 41.7 Å². The lowest BCUT2D eigenvalue weighted by Crippen LogP contribution is -2.13. The fraction of sp³-hybridized carbons (Fsp3) is 0.111. The van der Waals surface area contributed by atoms with Gasteiger partial charge in [-0.25, -0.2) is 0 Å². The van der Waals surface area contributed by atoms with E-state index < -0.39 is 4.92 Å². The van der Waals surface area contributed by atoms with Crippen LogP contribution in [0.25, 0.3) is 10.6 Å². The number of amides is 1. The van der Waals surface area contributed by atoms with Gasteiger partial charge < -0.3 is 5.32 Å². The Bertz CT molecular complexity index is 971. The molecule has 27 heavy (non-hydrogen) atoms. The summed E-state index contributed by atoms with van der Waals surface area (Å²) in [5, 5.41) is 22.0. The fourth-order valence-corrected chi connectivity index (χ4v) is 3.06. The third kappa shape index (κ3) is 4.79. The summed E-state index contributed by atoms with van der Waals surface area (Å²) in [4.78, 5) is 34.2. The maximum absolute atomic E-state index is 12.0. The molecule has 3 aromatic rings. The van der Waals surface area contributed by atoms with Crippen LogP contribution < -0.4 is 5.32 Å². The Kier molecular flexibility index (Phi) is 5.62. The number of nitro benzene ring substituents is 1. The van der Waals surface area contributed by atoms with Crippen molar-refractivity contribution in [2.24, 2.45) is 0 Å². The van der Waals surface area contributed by atoms with Gasteiger partial charge in [-0.15, -0.1) is 10.2 Å². The molecule has 3 rings (SSSR count). The molecule has 0 unspecified atom stereocenters. The standard InChI is InChI=1S/C18H14N4O4S/c23-15(12-4-2-1-3-5-12)10-11-16(24)19-18-21-20-17(27-18)13-6-8-14(9-7-13)22(25)26/h1-9H,10-11H2,(H,19,21,24). The van der Waals surface area contributed by atoms with Gasteiger partial charge in [-0.05, 0) is 12.1 Å². The van der Waals surface area contributed by atoms with Crippen LogP contribution in [0.1, 0.15) is 23.2 Å². The largest absolute Gasteiger partial charge is 0.301 e. The number of carbonyl (C=O) groups is 2. The number of nitro groups is 1. The molecule has 0 saturated carbocycles. The third-order valence-corrected chi connectivity index (χ3v) is 4.56. The smallest absolute Gasteiger partial charge is 0.269 e. The Morgan fingerprint density at radius 1 is 1.00 bits per heavy atom. The van der Waals surface area contributed by atoms with Crippen LogP contribution >= 0.6 is 11.3 Å². The predicted octanol–water partition coefficient (Wildman–Crippen LogP) is 3.71. The number of carbonyl (C=O) groups excluding carboxylic acids is 2. The molecule has 1 amide bonds. The van der Waals surface area contributed by atoms with Crippen molar-refractivity contribution in [1.82, 2.24) is 10.2 Å². The summed E-state index contributed by atoms with van der Waals surface area (Å²) in [7, 11) is 0. The van der Waals surface area contributed by atoms with Gasteiger partial charge in [0.1, 0.15) is 5.01 Å². The van der Waals surface area contributed by atoms with Crippen LogP contribution in [0, 0.1) is 10.1 Å². The Hall–Kier alpha value is -3.46. The maximum atomic E-state index is 12.0. The van der Waals surface area contributed by atoms with Gasteiger partial charge in [0, 0.05) is 36.1 Å². The summed E-state index contributed by atoms with van der Waals surface area (Å²) >= 11 is 1.15. The van der Waals surface area contributed by atoms with Crippen LogP contribution in [-0.2, 0) is 4.79 Å². The zero-order valence-electron chi connectivity index (χ0n) is 14.0. The van der Waals surface area contributed by atoms with Gasteiger partial charge in [0.15, 0.2) is 5.78 Å². The molecule has 0 aliphatic carbocycles. The van der Waals surface area contributed by atoms with Crippen molar-refractivity contribution in [2.75, 3.05) is 5.32 Å². The summed E-state index contributed by atoms with van der Waals surface area (Å²) in [6.07, 6.45) is 0.143. The van der Waals surface area contributed by atoms with Crippen LogP contribution in [0.4, 0.5) is 10.8 Å². The molecule has 136 valence electrons. The molecule has 2 aromatic carbocycles. The highest BCUT2D eigenvalue weighted by atomic mass is 32.1. The molecule has 0 saturated heterocycles.